The van der Waals surface area contributed by atoms with Crippen LogP contribution in [0, 0.1) is 0 Å². The highest BCUT2D eigenvalue weighted by Gasteiger charge is 2.25. The molecule has 1 aromatic heterocycles. The first kappa shape index (κ1) is 23.9. The number of ether oxygens (including phenoxy) is 1. The van der Waals surface area contributed by atoms with E-state index in [-0.39, 0.29) is 16.6 Å². The number of nitrogens with one attached hydrogen (secondary N) is 2. The van der Waals surface area contributed by atoms with Gasteiger partial charge in [-0.15, -0.1) is 10.2 Å². The lowest BCUT2D eigenvalue weighted by Crippen LogP contribution is -2.32. The van der Waals surface area contributed by atoms with E-state index in [1.165, 1.54) is 29.2 Å². The average molecular weight is 486 g/mol. The van der Waals surface area contributed by atoms with Gasteiger partial charge in [-0.25, -0.2) is 8.42 Å². The maximum Gasteiger partial charge on any atom is 0.243 e. The van der Waals surface area contributed by atoms with E-state index in [9.17, 15) is 13.2 Å². The fourth-order valence-electron chi connectivity index (χ4n) is 3.09. The normalized spacial score (nSPS) is 15.4. The van der Waals surface area contributed by atoms with Crippen molar-refractivity contribution in [3.05, 3.63) is 24.3 Å². The molecule has 12 heteroatoms. The summed E-state index contributed by atoms with van der Waals surface area (Å²) < 4.78 is 33.1. The summed E-state index contributed by atoms with van der Waals surface area (Å²) in [4.78, 5) is 12.5. The Morgan fingerprint density at radius 1 is 1.23 bits per heavy atom. The smallest absolute Gasteiger partial charge is 0.243 e. The lowest BCUT2D eigenvalue weighted by molar-refractivity contribution is -0.113. The van der Waals surface area contributed by atoms with E-state index in [1.807, 2.05) is 0 Å². The number of thioether (sulfide) groups is 1. The van der Waals surface area contributed by atoms with Crippen LogP contribution < -0.4 is 10.6 Å². The van der Waals surface area contributed by atoms with Crippen LogP contribution in [0.25, 0.3) is 0 Å². The summed E-state index contributed by atoms with van der Waals surface area (Å²) in [6.45, 7) is 2.28. The first-order valence-corrected chi connectivity index (χ1v) is 13.3. The molecule has 1 saturated heterocycles. The Bertz CT molecular complexity index is 959. The second-order valence-electron chi connectivity index (χ2n) is 6.98. The Balaban J connectivity index is 1.55. The summed E-state index contributed by atoms with van der Waals surface area (Å²) in [7, 11) is -1.93. The molecule has 0 unspecified atom stereocenters. The number of carbonyl (C=O) groups is 1. The maximum atomic E-state index is 13.0. The highest BCUT2D eigenvalue weighted by Crippen LogP contribution is 2.26. The highest BCUT2D eigenvalue weighted by molar-refractivity contribution is 8.01. The summed E-state index contributed by atoms with van der Waals surface area (Å²) in [5.74, 6) is -0.0890. The van der Waals surface area contributed by atoms with Crippen molar-refractivity contribution < 1.29 is 17.9 Å². The molecule has 9 nitrogen and oxygen atoms in total. The van der Waals surface area contributed by atoms with Crippen LogP contribution in [0.2, 0.25) is 0 Å². The molecule has 2 N–H and O–H groups in total. The molecule has 2 heterocycles. The molecule has 0 bridgehead atoms. The molecule has 0 radical (unpaired) electrons. The first-order chi connectivity index (χ1) is 15.0. The van der Waals surface area contributed by atoms with Crippen LogP contribution in [-0.2, 0) is 19.6 Å². The quantitative estimate of drug-likeness (QED) is 0.390. The van der Waals surface area contributed by atoms with Crippen molar-refractivity contribution in [2.75, 3.05) is 49.7 Å². The number of carbonyl (C=O) groups excluding carboxylic acids is 1. The molecule has 0 spiro atoms. The van der Waals surface area contributed by atoms with Crippen LogP contribution in [0.5, 0.6) is 0 Å². The summed E-state index contributed by atoms with van der Waals surface area (Å²) in [6.07, 6.45) is 3.86. The SMILES string of the molecule is COCCNc1nnc(SCC(=O)Nc2cccc(S(=O)(=O)N3CCCCCC3)c2)s1. The van der Waals surface area contributed by atoms with Crippen molar-refractivity contribution in [2.24, 2.45) is 0 Å². The van der Waals surface area contributed by atoms with Crippen molar-refractivity contribution in [2.45, 2.75) is 34.9 Å². The Labute approximate surface area is 191 Å². The van der Waals surface area contributed by atoms with E-state index in [2.05, 4.69) is 20.8 Å². The molecule has 0 saturated carbocycles. The monoisotopic (exact) mass is 485 g/mol. The molecule has 0 atom stereocenters. The standard InChI is InChI=1S/C19H27N5O4S3/c1-28-12-9-20-18-22-23-19(30-18)29-14-17(25)21-15-7-6-8-16(13-15)31(26,27)24-10-4-2-3-5-11-24/h6-8,13H,2-5,9-12,14H2,1H3,(H,20,22)(H,21,25). The lowest BCUT2D eigenvalue weighted by atomic mass is 10.2. The van der Waals surface area contributed by atoms with Crippen LogP contribution in [-0.4, -0.2) is 67.9 Å². The highest BCUT2D eigenvalue weighted by atomic mass is 32.2. The van der Waals surface area contributed by atoms with E-state index < -0.39 is 10.0 Å². The third-order valence-electron chi connectivity index (χ3n) is 4.64. The van der Waals surface area contributed by atoms with Gasteiger partial charge in [0.25, 0.3) is 0 Å². The van der Waals surface area contributed by atoms with Crippen molar-refractivity contribution in [1.29, 1.82) is 0 Å². The molecule has 31 heavy (non-hydrogen) atoms. The minimum atomic E-state index is -3.56. The molecule has 1 amide bonds. The second kappa shape index (κ2) is 11.8. The van der Waals surface area contributed by atoms with Gasteiger partial charge in [0.2, 0.25) is 21.1 Å². The molecule has 1 aliphatic rings. The van der Waals surface area contributed by atoms with E-state index in [0.717, 1.165) is 25.7 Å². The number of amides is 1. The van der Waals surface area contributed by atoms with Gasteiger partial charge in [0.05, 0.1) is 17.3 Å². The number of methoxy groups -OCH3 is 1. The molecular formula is C19H27N5O4S3. The van der Waals surface area contributed by atoms with Gasteiger partial charge < -0.3 is 15.4 Å². The number of aromatic nitrogens is 2. The minimum absolute atomic E-state index is 0.149. The Kier molecular flexibility index (Phi) is 9.08. The molecule has 3 rings (SSSR count). The predicted molar refractivity (Wildman–Crippen MR) is 123 cm³/mol. The van der Waals surface area contributed by atoms with Crippen LogP contribution in [0.3, 0.4) is 0 Å². The Morgan fingerprint density at radius 3 is 2.74 bits per heavy atom. The number of nitrogens with zero attached hydrogens (tertiary/aromatic N) is 3. The zero-order valence-corrected chi connectivity index (χ0v) is 19.8. The number of benzene rings is 1. The zero-order valence-electron chi connectivity index (χ0n) is 17.4. The molecule has 1 fully saturated rings. The third-order valence-corrected chi connectivity index (χ3v) is 8.55. The third kappa shape index (κ3) is 7.14. The van der Waals surface area contributed by atoms with Crippen LogP contribution in [0.4, 0.5) is 10.8 Å². The van der Waals surface area contributed by atoms with Crippen molar-refractivity contribution >= 4 is 49.8 Å². The molecule has 1 aromatic carbocycles. The maximum absolute atomic E-state index is 13.0. The van der Waals surface area contributed by atoms with Crippen LogP contribution in [0.15, 0.2) is 33.5 Å². The number of hydrogen-bond donors (Lipinski definition) is 2. The molecule has 1 aliphatic heterocycles. The number of sulfonamides is 1. The predicted octanol–water partition coefficient (Wildman–Crippen LogP) is 2.89. The van der Waals surface area contributed by atoms with Gasteiger partial charge in [0.1, 0.15) is 0 Å². The van der Waals surface area contributed by atoms with E-state index in [1.54, 1.807) is 29.6 Å². The average Bonchev–Trinajstić information content (AvgIpc) is 3.02. The van der Waals surface area contributed by atoms with Gasteiger partial charge in [0, 0.05) is 32.4 Å². The van der Waals surface area contributed by atoms with E-state index in [0.29, 0.717) is 41.4 Å². The number of hydrogen-bond acceptors (Lipinski definition) is 9. The molecule has 170 valence electrons. The number of rotatable bonds is 10. The molecule has 0 aliphatic carbocycles. The zero-order chi connectivity index (χ0) is 22.1. The van der Waals surface area contributed by atoms with Gasteiger partial charge in [-0.1, -0.05) is 42.0 Å². The topological polar surface area (TPSA) is 114 Å². The fraction of sp³-hybridized carbons (Fsp3) is 0.526. The first-order valence-electron chi connectivity index (χ1n) is 10.1. The van der Waals surface area contributed by atoms with Crippen LogP contribution >= 0.6 is 23.1 Å². The Hall–Kier alpha value is -1.73. The van der Waals surface area contributed by atoms with Gasteiger partial charge in [-0.05, 0) is 31.0 Å². The largest absolute Gasteiger partial charge is 0.383 e. The molecule has 2 aromatic rings. The van der Waals surface area contributed by atoms with Crippen LogP contribution in [0.1, 0.15) is 25.7 Å². The minimum Gasteiger partial charge on any atom is -0.383 e. The second-order valence-corrected chi connectivity index (χ2v) is 11.1. The van der Waals surface area contributed by atoms with Crippen molar-refractivity contribution in [1.82, 2.24) is 14.5 Å². The van der Waals surface area contributed by atoms with Crippen molar-refractivity contribution in [3.63, 3.8) is 0 Å². The summed E-state index contributed by atoms with van der Waals surface area (Å²) >= 11 is 2.64. The van der Waals surface area contributed by atoms with E-state index >= 15 is 0 Å². The summed E-state index contributed by atoms with van der Waals surface area (Å²) in [5.41, 5.74) is 0.459. The van der Waals surface area contributed by atoms with Gasteiger partial charge in [0.15, 0.2) is 4.34 Å². The van der Waals surface area contributed by atoms with E-state index in [4.69, 9.17) is 4.74 Å². The van der Waals surface area contributed by atoms with Gasteiger partial charge in [-0.3, -0.25) is 4.79 Å². The molecular weight excluding hydrogens is 458 g/mol. The van der Waals surface area contributed by atoms with Gasteiger partial charge in [-0.2, -0.15) is 4.31 Å². The Morgan fingerprint density at radius 2 is 2.00 bits per heavy atom. The van der Waals surface area contributed by atoms with Crippen molar-refractivity contribution in [3.8, 4) is 0 Å². The summed E-state index contributed by atoms with van der Waals surface area (Å²) in [6, 6.07) is 6.43. The lowest BCUT2D eigenvalue weighted by Gasteiger charge is -2.20. The summed E-state index contributed by atoms with van der Waals surface area (Å²) in [5, 5.41) is 14.6. The van der Waals surface area contributed by atoms with Gasteiger partial charge >= 0.3 is 0 Å². The number of anilines is 2. The fourth-order valence-corrected chi connectivity index (χ4v) is 6.23.